The largest absolute Gasteiger partial charge is 0.127 e. The van der Waals surface area contributed by atoms with Crippen LogP contribution in [0.4, 0.5) is 0 Å². The molecule has 1 aliphatic heterocycles. The molecule has 1 heterocycles. The molecule has 1 aliphatic rings. The first-order chi connectivity index (χ1) is 8.41. The van der Waals surface area contributed by atoms with Gasteiger partial charge in [0.15, 0.2) is 0 Å². The highest BCUT2D eigenvalue weighted by Gasteiger charge is 2.11. The molecule has 0 fully saturated rings. The van der Waals surface area contributed by atoms with Gasteiger partial charge >= 0.3 is 0 Å². The molecule has 0 aromatic carbocycles. The van der Waals surface area contributed by atoms with Crippen LogP contribution in [-0.4, -0.2) is 15.7 Å². The van der Waals surface area contributed by atoms with Gasteiger partial charge in [0, 0.05) is 15.7 Å². The van der Waals surface area contributed by atoms with Crippen LogP contribution in [0, 0.1) is 0 Å². The third kappa shape index (κ3) is 5.10. The van der Waals surface area contributed by atoms with Crippen LogP contribution < -0.4 is 0 Å². The molecule has 3 atom stereocenters. The highest BCUT2D eigenvalue weighted by Crippen LogP contribution is 2.31. The Morgan fingerprint density at radius 3 is 1.06 bits per heavy atom. The monoisotopic (exact) mass is 300 g/mol. The van der Waals surface area contributed by atoms with Gasteiger partial charge in [0.2, 0.25) is 0 Å². The van der Waals surface area contributed by atoms with E-state index in [1.165, 1.54) is 16.7 Å². The van der Waals surface area contributed by atoms with Crippen LogP contribution in [0.15, 0.2) is 32.9 Å². The van der Waals surface area contributed by atoms with E-state index < -0.39 is 0 Å². The van der Waals surface area contributed by atoms with E-state index in [0.717, 1.165) is 0 Å². The predicted octanol–water partition coefficient (Wildman–Crippen LogP) is 6.08. The van der Waals surface area contributed by atoms with Gasteiger partial charge in [0.05, 0.1) is 0 Å². The highest BCUT2D eigenvalue weighted by molar-refractivity contribution is 8.04. The van der Waals surface area contributed by atoms with Gasteiger partial charge in [-0.05, 0) is 57.8 Å². The van der Waals surface area contributed by atoms with E-state index in [9.17, 15) is 0 Å². The van der Waals surface area contributed by atoms with E-state index in [1.54, 1.807) is 0 Å². The van der Waals surface area contributed by atoms with E-state index in [2.05, 4.69) is 57.8 Å². The Bertz CT molecular complexity index is 309. The van der Waals surface area contributed by atoms with Crippen LogP contribution in [-0.2, 0) is 0 Å². The Morgan fingerprint density at radius 2 is 0.833 bits per heavy atom. The average Bonchev–Trinajstić information content (AvgIpc) is 2.36. The van der Waals surface area contributed by atoms with Crippen LogP contribution in [0.5, 0.6) is 0 Å². The molecule has 0 amide bonds. The fourth-order valence-corrected chi connectivity index (χ4v) is 4.21. The van der Waals surface area contributed by atoms with Gasteiger partial charge in [0.25, 0.3) is 0 Å². The Morgan fingerprint density at radius 1 is 0.611 bits per heavy atom. The van der Waals surface area contributed by atoms with E-state index in [4.69, 9.17) is 0 Å². The van der Waals surface area contributed by atoms with E-state index in [1.807, 2.05) is 35.3 Å². The summed E-state index contributed by atoms with van der Waals surface area (Å²) in [7, 11) is 0. The molecule has 18 heavy (non-hydrogen) atoms. The molecule has 102 valence electrons. The normalized spacial score (nSPS) is 40.3. The topological polar surface area (TPSA) is 0 Å². The van der Waals surface area contributed by atoms with E-state index in [-0.39, 0.29) is 0 Å². The minimum absolute atomic E-state index is 0.570. The lowest BCUT2D eigenvalue weighted by atomic mass is 10.2. The first-order valence-corrected chi connectivity index (χ1v) is 9.21. The molecular formula is C15H24S3. The zero-order valence-electron chi connectivity index (χ0n) is 12.2. The van der Waals surface area contributed by atoms with Crippen molar-refractivity contribution in [2.45, 2.75) is 57.3 Å². The minimum atomic E-state index is 0.570. The molecule has 1 rings (SSSR count). The van der Waals surface area contributed by atoms with Crippen LogP contribution in [0.25, 0.3) is 0 Å². The third-order valence-corrected chi connectivity index (χ3v) is 7.16. The van der Waals surface area contributed by atoms with Crippen LogP contribution in [0.1, 0.15) is 41.5 Å². The Labute approximate surface area is 125 Å². The second-order valence-corrected chi connectivity index (χ2v) is 8.57. The summed E-state index contributed by atoms with van der Waals surface area (Å²) in [6, 6.07) is 0. The van der Waals surface area contributed by atoms with Crippen LogP contribution in [0.2, 0.25) is 0 Å². The predicted molar refractivity (Wildman–Crippen MR) is 92.4 cm³/mol. The summed E-state index contributed by atoms with van der Waals surface area (Å²) in [6.07, 6.45) is 0. The minimum Gasteiger partial charge on any atom is -0.127 e. The number of rotatable bonds is 0. The van der Waals surface area contributed by atoms with Gasteiger partial charge in [-0.25, -0.2) is 0 Å². The summed E-state index contributed by atoms with van der Waals surface area (Å²) in [4.78, 5) is 0. The summed E-state index contributed by atoms with van der Waals surface area (Å²) in [5, 5.41) is 8.71. The third-order valence-electron chi connectivity index (χ3n) is 3.30. The van der Waals surface area contributed by atoms with Crippen molar-refractivity contribution in [2.24, 2.45) is 0 Å². The SMILES string of the molecule is C/C1=C/SC(C)/C(C)=C\SC(C)/C(C)=C\SC1C. The maximum Gasteiger partial charge on any atom is 0.0274 e. The van der Waals surface area contributed by atoms with Crippen molar-refractivity contribution in [2.75, 3.05) is 0 Å². The fourth-order valence-electron chi connectivity index (χ4n) is 1.24. The molecule has 0 saturated carbocycles. The van der Waals surface area contributed by atoms with Gasteiger partial charge < -0.3 is 0 Å². The molecule has 3 heteroatoms. The van der Waals surface area contributed by atoms with Crippen molar-refractivity contribution in [1.29, 1.82) is 0 Å². The lowest BCUT2D eigenvalue weighted by Gasteiger charge is -2.17. The number of thioether (sulfide) groups is 3. The molecule has 0 spiro atoms. The van der Waals surface area contributed by atoms with Crippen LogP contribution in [0.3, 0.4) is 0 Å². The zero-order chi connectivity index (χ0) is 13.7. The van der Waals surface area contributed by atoms with Crippen molar-refractivity contribution in [3.05, 3.63) is 32.9 Å². The molecular weight excluding hydrogens is 276 g/mol. The Balaban J connectivity index is 2.95. The summed E-state index contributed by atoms with van der Waals surface area (Å²) < 4.78 is 0. The van der Waals surface area contributed by atoms with Gasteiger partial charge in [-0.3, -0.25) is 0 Å². The molecule has 0 saturated heterocycles. The summed E-state index contributed by atoms with van der Waals surface area (Å²) in [5.41, 5.74) is 4.40. The second kappa shape index (κ2) is 7.76. The van der Waals surface area contributed by atoms with E-state index in [0.29, 0.717) is 15.7 Å². The standard InChI is InChI=1S/C15H24S3/c1-10-7-16-14(5)12(3)9-18-15(6)11(2)8-17-13(10)4/h7-9,13-15H,1-6H3/b10-7-,11-8-,12-9-. The average molecular weight is 301 g/mol. The van der Waals surface area contributed by atoms with Crippen molar-refractivity contribution in [3.8, 4) is 0 Å². The number of hydrogen-bond acceptors (Lipinski definition) is 3. The highest BCUT2D eigenvalue weighted by atomic mass is 32.2. The molecule has 3 unspecified atom stereocenters. The molecule has 0 aliphatic carbocycles. The van der Waals surface area contributed by atoms with Crippen LogP contribution >= 0.6 is 35.3 Å². The van der Waals surface area contributed by atoms with Crippen molar-refractivity contribution in [1.82, 2.24) is 0 Å². The van der Waals surface area contributed by atoms with Crippen molar-refractivity contribution < 1.29 is 0 Å². The first-order valence-electron chi connectivity index (χ1n) is 6.38. The molecule has 0 nitrogen and oxygen atoms in total. The summed E-state index contributed by atoms with van der Waals surface area (Å²) >= 11 is 5.81. The lowest BCUT2D eigenvalue weighted by Crippen LogP contribution is -2.03. The first kappa shape index (κ1) is 16.3. The zero-order valence-corrected chi connectivity index (χ0v) is 14.6. The van der Waals surface area contributed by atoms with Crippen molar-refractivity contribution in [3.63, 3.8) is 0 Å². The second-order valence-electron chi connectivity index (χ2n) is 4.92. The maximum absolute atomic E-state index is 2.33. The quantitative estimate of drug-likeness (QED) is 0.532. The molecule has 0 radical (unpaired) electrons. The molecule has 0 aromatic heterocycles. The number of hydrogen-bond donors (Lipinski definition) is 0. The lowest BCUT2D eigenvalue weighted by molar-refractivity contribution is 1.11. The summed E-state index contributed by atoms with van der Waals surface area (Å²) in [5.74, 6) is 0. The Hall–Kier alpha value is 0.270. The molecule has 0 aromatic rings. The summed E-state index contributed by atoms with van der Waals surface area (Å²) in [6.45, 7) is 13.6. The maximum atomic E-state index is 2.33. The van der Waals surface area contributed by atoms with Crippen molar-refractivity contribution >= 4 is 35.3 Å². The fraction of sp³-hybridized carbons (Fsp3) is 0.600. The molecule has 0 bridgehead atoms. The van der Waals surface area contributed by atoms with E-state index >= 15 is 0 Å². The van der Waals surface area contributed by atoms with Gasteiger partial charge in [0.1, 0.15) is 0 Å². The van der Waals surface area contributed by atoms with Gasteiger partial charge in [-0.2, -0.15) is 0 Å². The molecule has 0 N–H and O–H groups in total. The van der Waals surface area contributed by atoms with Gasteiger partial charge in [-0.1, -0.05) is 16.7 Å². The smallest absolute Gasteiger partial charge is 0.0274 e. The Kier molecular flexibility index (Phi) is 7.04. The van der Waals surface area contributed by atoms with Gasteiger partial charge in [-0.15, -0.1) is 35.3 Å².